The molecule has 0 saturated heterocycles. The zero-order valence-electron chi connectivity index (χ0n) is 17.6. The molecule has 160 valence electrons. The van der Waals surface area contributed by atoms with Crippen LogP contribution >= 0.6 is 0 Å². The van der Waals surface area contributed by atoms with E-state index < -0.39 is 0 Å². The largest absolute Gasteiger partial charge is 0.457 e. The van der Waals surface area contributed by atoms with E-state index in [2.05, 4.69) is 20.5 Å². The first kappa shape index (κ1) is 20.2. The average molecular weight is 432 g/mol. The van der Waals surface area contributed by atoms with E-state index in [4.69, 9.17) is 4.74 Å². The average Bonchev–Trinajstić information content (AvgIpc) is 3.26. The first-order valence-electron chi connectivity index (χ1n) is 10.5. The molecule has 0 fully saturated rings. The number of carbonyl (C=O) groups is 1. The zero-order valence-corrected chi connectivity index (χ0v) is 17.6. The SMILES string of the molecule is O=C(Nc1cccc(Oc2ccc3c(C=Cc4ccccn4)n[nH]c3c2)c1)c1ccccc1. The third kappa shape index (κ3) is 4.80. The number of nitrogens with one attached hydrogen (secondary N) is 2. The van der Waals surface area contributed by atoms with Gasteiger partial charge in [-0.3, -0.25) is 14.9 Å². The molecule has 0 saturated carbocycles. The van der Waals surface area contributed by atoms with Crippen LogP contribution in [0.1, 0.15) is 21.7 Å². The third-order valence-electron chi connectivity index (χ3n) is 5.03. The molecular formula is C27H20N4O2. The van der Waals surface area contributed by atoms with E-state index in [-0.39, 0.29) is 5.91 Å². The molecule has 6 heteroatoms. The molecule has 0 bridgehead atoms. The van der Waals surface area contributed by atoms with Crippen molar-refractivity contribution in [3.05, 3.63) is 114 Å². The summed E-state index contributed by atoms with van der Waals surface area (Å²) in [6.45, 7) is 0. The Morgan fingerprint density at radius 2 is 1.70 bits per heavy atom. The molecule has 5 rings (SSSR count). The Kier molecular flexibility index (Phi) is 5.63. The number of rotatable bonds is 6. The van der Waals surface area contributed by atoms with E-state index in [1.807, 2.05) is 84.9 Å². The number of hydrogen-bond donors (Lipinski definition) is 2. The summed E-state index contributed by atoms with van der Waals surface area (Å²) in [4.78, 5) is 16.7. The van der Waals surface area contributed by atoms with E-state index in [0.29, 0.717) is 22.7 Å². The number of ether oxygens (including phenoxy) is 1. The molecule has 5 aromatic rings. The van der Waals surface area contributed by atoms with Crippen LogP contribution in [0.4, 0.5) is 5.69 Å². The maximum atomic E-state index is 12.4. The van der Waals surface area contributed by atoms with Crippen LogP contribution in [-0.4, -0.2) is 21.1 Å². The van der Waals surface area contributed by atoms with E-state index in [0.717, 1.165) is 22.3 Å². The number of aromatic amines is 1. The number of benzene rings is 3. The molecule has 0 aliphatic heterocycles. The summed E-state index contributed by atoms with van der Waals surface area (Å²) in [6, 6.07) is 27.9. The summed E-state index contributed by atoms with van der Waals surface area (Å²) in [5, 5.41) is 11.3. The standard InChI is InChI=1S/C27H20N4O2/c32-27(19-7-2-1-3-8-19)29-21-10-6-11-22(17-21)33-23-13-14-24-25(30-31-26(24)18-23)15-12-20-9-4-5-16-28-20/h1-18H,(H,29,32)(H,30,31). The number of pyridine rings is 1. The van der Waals surface area contributed by atoms with Gasteiger partial charge in [0.15, 0.2) is 0 Å². The second kappa shape index (κ2) is 9.20. The molecule has 0 spiro atoms. The number of hydrogen-bond acceptors (Lipinski definition) is 4. The maximum absolute atomic E-state index is 12.4. The zero-order chi connectivity index (χ0) is 22.5. The quantitative estimate of drug-likeness (QED) is 0.336. The third-order valence-corrected chi connectivity index (χ3v) is 5.03. The number of aromatic nitrogens is 3. The summed E-state index contributed by atoms with van der Waals surface area (Å²) in [5.74, 6) is 1.12. The van der Waals surface area contributed by atoms with Crippen LogP contribution in [0.3, 0.4) is 0 Å². The van der Waals surface area contributed by atoms with Gasteiger partial charge in [-0.15, -0.1) is 0 Å². The highest BCUT2D eigenvalue weighted by atomic mass is 16.5. The van der Waals surface area contributed by atoms with Gasteiger partial charge in [-0.25, -0.2) is 0 Å². The molecule has 2 heterocycles. The lowest BCUT2D eigenvalue weighted by molar-refractivity contribution is 0.102. The maximum Gasteiger partial charge on any atom is 0.255 e. The second-order valence-electron chi connectivity index (χ2n) is 7.35. The van der Waals surface area contributed by atoms with Crippen molar-refractivity contribution in [2.75, 3.05) is 5.32 Å². The normalized spacial score (nSPS) is 11.0. The van der Waals surface area contributed by atoms with Crippen molar-refractivity contribution in [1.82, 2.24) is 15.2 Å². The predicted molar refractivity (Wildman–Crippen MR) is 130 cm³/mol. The summed E-state index contributed by atoms with van der Waals surface area (Å²) in [5.41, 5.74) is 3.81. The minimum absolute atomic E-state index is 0.169. The Hall–Kier alpha value is -4.71. The van der Waals surface area contributed by atoms with Gasteiger partial charge in [-0.1, -0.05) is 30.3 Å². The second-order valence-corrected chi connectivity index (χ2v) is 7.35. The Morgan fingerprint density at radius 1 is 0.848 bits per heavy atom. The van der Waals surface area contributed by atoms with Crippen LogP contribution in [0.5, 0.6) is 11.5 Å². The number of amides is 1. The van der Waals surface area contributed by atoms with Crippen LogP contribution in [0, 0.1) is 0 Å². The Bertz CT molecular complexity index is 1430. The van der Waals surface area contributed by atoms with E-state index in [9.17, 15) is 4.79 Å². The van der Waals surface area contributed by atoms with Crippen LogP contribution in [0.25, 0.3) is 23.1 Å². The molecule has 0 aliphatic carbocycles. The monoisotopic (exact) mass is 432 g/mol. The topological polar surface area (TPSA) is 79.9 Å². The number of anilines is 1. The number of carbonyl (C=O) groups excluding carboxylic acids is 1. The first-order chi connectivity index (χ1) is 16.2. The minimum atomic E-state index is -0.169. The molecule has 6 nitrogen and oxygen atoms in total. The van der Waals surface area contributed by atoms with Gasteiger partial charge in [0.05, 0.1) is 16.9 Å². The highest BCUT2D eigenvalue weighted by molar-refractivity contribution is 6.04. The molecule has 1 amide bonds. The van der Waals surface area contributed by atoms with Gasteiger partial charge < -0.3 is 10.1 Å². The number of H-pyrrole nitrogens is 1. The van der Waals surface area contributed by atoms with Gasteiger partial charge in [-0.05, 0) is 60.7 Å². The fourth-order valence-electron chi connectivity index (χ4n) is 3.42. The minimum Gasteiger partial charge on any atom is -0.457 e. The van der Waals surface area contributed by atoms with E-state index >= 15 is 0 Å². The van der Waals surface area contributed by atoms with Crippen molar-refractivity contribution in [1.29, 1.82) is 0 Å². The van der Waals surface area contributed by atoms with Crippen LogP contribution in [0.2, 0.25) is 0 Å². The van der Waals surface area contributed by atoms with Gasteiger partial charge in [-0.2, -0.15) is 5.10 Å². The van der Waals surface area contributed by atoms with Gasteiger partial charge in [0.1, 0.15) is 11.5 Å². The van der Waals surface area contributed by atoms with Gasteiger partial charge >= 0.3 is 0 Å². The van der Waals surface area contributed by atoms with Crippen molar-refractivity contribution in [3.8, 4) is 11.5 Å². The Morgan fingerprint density at radius 3 is 2.55 bits per heavy atom. The van der Waals surface area contributed by atoms with Crippen molar-refractivity contribution in [2.45, 2.75) is 0 Å². The molecule has 3 aromatic carbocycles. The predicted octanol–water partition coefficient (Wildman–Crippen LogP) is 6.17. The summed E-state index contributed by atoms with van der Waals surface area (Å²) >= 11 is 0. The summed E-state index contributed by atoms with van der Waals surface area (Å²) in [7, 11) is 0. The molecular weight excluding hydrogens is 412 g/mol. The molecule has 0 unspecified atom stereocenters. The molecule has 2 N–H and O–H groups in total. The van der Waals surface area contributed by atoms with Crippen LogP contribution in [0.15, 0.2) is 97.2 Å². The highest BCUT2D eigenvalue weighted by Crippen LogP contribution is 2.28. The van der Waals surface area contributed by atoms with Gasteiger partial charge in [0, 0.05) is 35.0 Å². The Labute approximate surface area is 190 Å². The lowest BCUT2D eigenvalue weighted by Crippen LogP contribution is -2.11. The first-order valence-corrected chi connectivity index (χ1v) is 10.5. The lowest BCUT2D eigenvalue weighted by atomic mass is 10.2. The van der Waals surface area contributed by atoms with E-state index in [1.165, 1.54) is 0 Å². The lowest BCUT2D eigenvalue weighted by Gasteiger charge is -2.09. The number of nitrogens with zero attached hydrogens (tertiary/aromatic N) is 2. The number of fused-ring (bicyclic) bond motifs is 1. The molecule has 33 heavy (non-hydrogen) atoms. The fraction of sp³-hybridized carbons (Fsp3) is 0. The van der Waals surface area contributed by atoms with Crippen molar-refractivity contribution < 1.29 is 9.53 Å². The molecule has 0 radical (unpaired) electrons. The Balaban J connectivity index is 1.31. The summed E-state index contributed by atoms with van der Waals surface area (Å²) < 4.78 is 6.03. The molecule has 0 atom stereocenters. The smallest absolute Gasteiger partial charge is 0.255 e. The van der Waals surface area contributed by atoms with Crippen molar-refractivity contribution in [2.24, 2.45) is 0 Å². The van der Waals surface area contributed by atoms with Gasteiger partial charge in [0.2, 0.25) is 0 Å². The van der Waals surface area contributed by atoms with Crippen LogP contribution in [-0.2, 0) is 0 Å². The molecule has 2 aromatic heterocycles. The highest BCUT2D eigenvalue weighted by Gasteiger charge is 2.08. The van der Waals surface area contributed by atoms with Gasteiger partial charge in [0.25, 0.3) is 5.91 Å². The molecule has 0 aliphatic rings. The van der Waals surface area contributed by atoms with Crippen molar-refractivity contribution >= 4 is 34.6 Å². The fourth-order valence-corrected chi connectivity index (χ4v) is 3.42. The van der Waals surface area contributed by atoms with E-state index in [1.54, 1.807) is 24.4 Å². The summed E-state index contributed by atoms with van der Waals surface area (Å²) in [6.07, 6.45) is 5.61. The van der Waals surface area contributed by atoms with Crippen LogP contribution < -0.4 is 10.1 Å². The van der Waals surface area contributed by atoms with Crippen molar-refractivity contribution in [3.63, 3.8) is 0 Å².